The SMILES string of the molecule is c1ccc2nc3c(nc2c1)c1c(-c2ccc4oc5ccccc5c4c2)ccc2c4ccccc4n3c21. The Balaban J connectivity index is 1.49. The zero-order valence-corrected chi connectivity index (χ0v) is 19.1. The maximum atomic E-state index is 6.10. The van der Waals surface area contributed by atoms with E-state index in [0.29, 0.717) is 0 Å². The Labute approximate surface area is 204 Å². The second-order valence-electron chi connectivity index (χ2n) is 9.43. The second kappa shape index (κ2) is 6.37. The van der Waals surface area contributed by atoms with E-state index in [1.165, 1.54) is 16.3 Å². The molecule has 0 fully saturated rings. The van der Waals surface area contributed by atoms with Crippen LogP contribution in [-0.4, -0.2) is 14.4 Å². The fourth-order valence-corrected chi connectivity index (χ4v) is 5.97. The largest absolute Gasteiger partial charge is 0.456 e. The van der Waals surface area contributed by atoms with Gasteiger partial charge >= 0.3 is 0 Å². The summed E-state index contributed by atoms with van der Waals surface area (Å²) in [5.74, 6) is 0. The van der Waals surface area contributed by atoms with Gasteiger partial charge in [0.25, 0.3) is 0 Å². The molecule has 0 spiro atoms. The number of furan rings is 1. The predicted molar refractivity (Wildman–Crippen MR) is 147 cm³/mol. The number of aromatic nitrogens is 3. The molecule has 0 radical (unpaired) electrons. The number of fused-ring (bicyclic) bond motifs is 10. The molecule has 9 aromatic rings. The minimum atomic E-state index is 0.900. The van der Waals surface area contributed by atoms with Crippen LogP contribution < -0.4 is 0 Å². The highest BCUT2D eigenvalue weighted by molar-refractivity contribution is 6.26. The summed E-state index contributed by atoms with van der Waals surface area (Å²) in [5.41, 5.74) is 10.1. The first-order chi connectivity index (χ1) is 17.8. The minimum Gasteiger partial charge on any atom is -0.456 e. The number of benzene rings is 5. The molecule has 0 aliphatic carbocycles. The Kier molecular flexibility index (Phi) is 3.25. The van der Waals surface area contributed by atoms with Crippen molar-refractivity contribution in [3.63, 3.8) is 0 Å². The van der Waals surface area contributed by atoms with Gasteiger partial charge in [-0.3, -0.25) is 4.40 Å². The smallest absolute Gasteiger partial charge is 0.165 e. The van der Waals surface area contributed by atoms with E-state index in [9.17, 15) is 0 Å². The Hall–Kier alpha value is -4.96. The molecule has 0 unspecified atom stereocenters. The van der Waals surface area contributed by atoms with E-state index in [2.05, 4.69) is 71.1 Å². The van der Waals surface area contributed by atoms with Crippen LogP contribution in [0.5, 0.6) is 0 Å². The topological polar surface area (TPSA) is 43.3 Å². The summed E-state index contributed by atoms with van der Waals surface area (Å²) in [6.07, 6.45) is 0. The van der Waals surface area contributed by atoms with Gasteiger partial charge in [0.1, 0.15) is 16.7 Å². The summed E-state index contributed by atoms with van der Waals surface area (Å²) in [4.78, 5) is 10.3. The third kappa shape index (κ3) is 2.19. The zero-order chi connectivity index (χ0) is 23.4. The summed E-state index contributed by atoms with van der Waals surface area (Å²) in [5, 5.41) is 5.86. The standard InChI is InChI=1S/C32H17N3O/c1-5-11-26-20(7-1)22-15-14-19(18-13-16-28-23(17-18)21-8-2-6-12-27(21)36-28)29-30-32(35(26)31(22)29)34-25-10-4-3-9-24(25)33-30/h1-17H. The molecule has 4 nitrogen and oxygen atoms in total. The molecule has 0 atom stereocenters. The van der Waals surface area contributed by atoms with E-state index >= 15 is 0 Å². The summed E-state index contributed by atoms with van der Waals surface area (Å²) in [6, 6.07) is 35.9. The Bertz CT molecular complexity index is 2320. The van der Waals surface area contributed by atoms with Crippen molar-refractivity contribution >= 4 is 71.3 Å². The van der Waals surface area contributed by atoms with Crippen molar-refractivity contribution in [2.45, 2.75) is 0 Å². The first-order valence-corrected chi connectivity index (χ1v) is 12.1. The van der Waals surface area contributed by atoms with Crippen LogP contribution in [0.4, 0.5) is 0 Å². The van der Waals surface area contributed by atoms with Crippen LogP contribution in [0.1, 0.15) is 0 Å². The quantitative estimate of drug-likeness (QED) is 0.248. The third-order valence-corrected chi connectivity index (χ3v) is 7.53. The van der Waals surface area contributed by atoms with E-state index in [0.717, 1.165) is 66.2 Å². The molecule has 0 saturated heterocycles. The van der Waals surface area contributed by atoms with Crippen molar-refractivity contribution in [2.75, 3.05) is 0 Å². The Morgan fingerprint density at radius 1 is 0.583 bits per heavy atom. The maximum Gasteiger partial charge on any atom is 0.165 e. The van der Waals surface area contributed by atoms with Crippen LogP contribution in [0.2, 0.25) is 0 Å². The molecule has 0 N–H and O–H groups in total. The van der Waals surface area contributed by atoms with E-state index in [1.807, 2.05) is 36.4 Å². The summed E-state index contributed by atoms with van der Waals surface area (Å²) in [6.45, 7) is 0. The van der Waals surface area contributed by atoms with Crippen LogP contribution in [0.25, 0.3) is 82.5 Å². The molecule has 0 amide bonds. The van der Waals surface area contributed by atoms with Crippen LogP contribution in [0.3, 0.4) is 0 Å². The van der Waals surface area contributed by atoms with Gasteiger partial charge in [-0.05, 0) is 47.5 Å². The molecule has 0 bridgehead atoms. The van der Waals surface area contributed by atoms with Crippen LogP contribution in [0.15, 0.2) is 108 Å². The number of rotatable bonds is 1. The molecule has 166 valence electrons. The average molecular weight is 460 g/mol. The highest BCUT2D eigenvalue weighted by Crippen LogP contribution is 2.43. The number of hydrogen-bond acceptors (Lipinski definition) is 3. The Morgan fingerprint density at radius 2 is 1.33 bits per heavy atom. The van der Waals surface area contributed by atoms with Gasteiger partial charge in [0.2, 0.25) is 0 Å². The fourth-order valence-electron chi connectivity index (χ4n) is 5.97. The molecule has 36 heavy (non-hydrogen) atoms. The zero-order valence-electron chi connectivity index (χ0n) is 19.1. The van der Waals surface area contributed by atoms with Gasteiger partial charge < -0.3 is 4.42 Å². The third-order valence-electron chi connectivity index (χ3n) is 7.53. The predicted octanol–water partition coefficient (Wildman–Crippen LogP) is 8.35. The molecule has 0 aliphatic rings. The molecule has 0 saturated carbocycles. The highest BCUT2D eigenvalue weighted by atomic mass is 16.3. The molecule has 4 aromatic heterocycles. The molecule has 4 heteroatoms. The van der Waals surface area contributed by atoms with Crippen molar-refractivity contribution in [1.82, 2.24) is 14.4 Å². The summed E-state index contributed by atoms with van der Waals surface area (Å²) >= 11 is 0. The molecule has 9 rings (SSSR count). The normalized spacial score (nSPS) is 12.4. The number of para-hydroxylation sites is 4. The van der Waals surface area contributed by atoms with Gasteiger partial charge in [0, 0.05) is 26.9 Å². The minimum absolute atomic E-state index is 0.900. The maximum absolute atomic E-state index is 6.10. The average Bonchev–Trinajstić information content (AvgIpc) is 3.58. The summed E-state index contributed by atoms with van der Waals surface area (Å²) in [7, 11) is 0. The molecule has 5 aromatic carbocycles. The molecular formula is C32H17N3O. The number of hydrogen-bond donors (Lipinski definition) is 0. The van der Waals surface area contributed by atoms with Crippen molar-refractivity contribution < 1.29 is 4.42 Å². The van der Waals surface area contributed by atoms with Gasteiger partial charge in [-0.25, -0.2) is 9.97 Å². The molecular weight excluding hydrogens is 442 g/mol. The van der Waals surface area contributed by atoms with Gasteiger partial charge in [0.15, 0.2) is 5.65 Å². The monoisotopic (exact) mass is 459 g/mol. The van der Waals surface area contributed by atoms with E-state index in [1.54, 1.807) is 0 Å². The van der Waals surface area contributed by atoms with Gasteiger partial charge in [0.05, 0.1) is 22.1 Å². The van der Waals surface area contributed by atoms with Crippen molar-refractivity contribution in [2.24, 2.45) is 0 Å². The summed E-state index contributed by atoms with van der Waals surface area (Å²) < 4.78 is 8.39. The van der Waals surface area contributed by atoms with E-state index in [4.69, 9.17) is 14.4 Å². The Morgan fingerprint density at radius 3 is 2.25 bits per heavy atom. The molecule has 0 aliphatic heterocycles. The second-order valence-corrected chi connectivity index (χ2v) is 9.43. The lowest BCUT2D eigenvalue weighted by Gasteiger charge is -2.06. The van der Waals surface area contributed by atoms with Crippen molar-refractivity contribution in [1.29, 1.82) is 0 Å². The van der Waals surface area contributed by atoms with Gasteiger partial charge in [-0.1, -0.05) is 66.7 Å². The first kappa shape index (κ1) is 18.4. The lowest BCUT2D eigenvalue weighted by molar-refractivity contribution is 0.669. The highest BCUT2D eigenvalue weighted by Gasteiger charge is 2.23. The first-order valence-electron chi connectivity index (χ1n) is 12.1. The number of nitrogens with zero attached hydrogens (tertiary/aromatic N) is 3. The molecule has 4 heterocycles. The van der Waals surface area contributed by atoms with Crippen LogP contribution in [0, 0.1) is 0 Å². The van der Waals surface area contributed by atoms with Crippen molar-refractivity contribution in [3.05, 3.63) is 103 Å². The van der Waals surface area contributed by atoms with Crippen LogP contribution >= 0.6 is 0 Å². The van der Waals surface area contributed by atoms with Gasteiger partial charge in [-0.2, -0.15) is 0 Å². The van der Waals surface area contributed by atoms with E-state index < -0.39 is 0 Å². The fraction of sp³-hybridized carbons (Fsp3) is 0. The lowest BCUT2D eigenvalue weighted by Crippen LogP contribution is -1.89. The van der Waals surface area contributed by atoms with Gasteiger partial charge in [-0.15, -0.1) is 0 Å². The van der Waals surface area contributed by atoms with Crippen molar-refractivity contribution in [3.8, 4) is 11.1 Å². The van der Waals surface area contributed by atoms with Crippen LogP contribution in [-0.2, 0) is 0 Å². The van der Waals surface area contributed by atoms with E-state index in [-0.39, 0.29) is 0 Å². The lowest BCUT2D eigenvalue weighted by atomic mass is 9.97.